The first-order chi connectivity index (χ1) is 10.7. The van der Waals surface area contributed by atoms with Crippen LogP contribution < -0.4 is 0 Å². The minimum absolute atomic E-state index is 0.195. The van der Waals surface area contributed by atoms with Gasteiger partial charge in [-0.2, -0.15) is 0 Å². The van der Waals surface area contributed by atoms with Gasteiger partial charge in [-0.05, 0) is 56.0 Å². The fourth-order valence-electron chi connectivity index (χ4n) is 3.20. The van der Waals surface area contributed by atoms with Crippen molar-refractivity contribution in [3.8, 4) is 0 Å². The second-order valence-electron chi connectivity index (χ2n) is 6.11. The molecule has 3 rings (SSSR count). The van der Waals surface area contributed by atoms with Crippen LogP contribution >= 0.6 is 11.6 Å². The van der Waals surface area contributed by atoms with Crippen LogP contribution in [0.4, 0.5) is 4.39 Å². The van der Waals surface area contributed by atoms with E-state index in [9.17, 15) is 4.39 Å². The average Bonchev–Trinajstić information content (AvgIpc) is 2.54. The highest BCUT2D eigenvalue weighted by atomic mass is 35.5. The SMILES string of the molecule is Fc1cccc(Cl)c1CN1CCC(Cc2ccccc2)CC1. The van der Waals surface area contributed by atoms with E-state index in [1.54, 1.807) is 12.1 Å². The van der Waals surface area contributed by atoms with Gasteiger partial charge in [0.15, 0.2) is 0 Å². The summed E-state index contributed by atoms with van der Waals surface area (Å²) in [5.74, 6) is 0.536. The van der Waals surface area contributed by atoms with E-state index >= 15 is 0 Å². The molecule has 22 heavy (non-hydrogen) atoms. The second-order valence-corrected chi connectivity index (χ2v) is 6.52. The van der Waals surface area contributed by atoms with Crippen LogP contribution in [0.5, 0.6) is 0 Å². The molecule has 0 amide bonds. The van der Waals surface area contributed by atoms with Gasteiger partial charge in [-0.3, -0.25) is 4.90 Å². The third-order valence-electron chi connectivity index (χ3n) is 4.52. The van der Waals surface area contributed by atoms with Crippen LogP contribution in [0.25, 0.3) is 0 Å². The van der Waals surface area contributed by atoms with E-state index in [4.69, 9.17) is 11.6 Å². The Morgan fingerprint density at radius 3 is 2.41 bits per heavy atom. The highest BCUT2D eigenvalue weighted by Crippen LogP contribution is 2.25. The van der Waals surface area contributed by atoms with E-state index in [0.29, 0.717) is 17.1 Å². The van der Waals surface area contributed by atoms with Crippen molar-refractivity contribution in [1.29, 1.82) is 0 Å². The predicted molar refractivity (Wildman–Crippen MR) is 89.6 cm³/mol. The molecule has 1 fully saturated rings. The monoisotopic (exact) mass is 317 g/mol. The Morgan fingerprint density at radius 2 is 1.73 bits per heavy atom. The fourth-order valence-corrected chi connectivity index (χ4v) is 3.43. The average molecular weight is 318 g/mol. The zero-order valence-corrected chi connectivity index (χ0v) is 13.4. The zero-order chi connectivity index (χ0) is 15.4. The van der Waals surface area contributed by atoms with Gasteiger partial charge in [0.2, 0.25) is 0 Å². The largest absolute Gasteiger partial charge is 0.299 e. The quantitative estimate of drug-likeness (QED) is 0.772. The lowest BCUT2D eigenvalue weighted by molar-refractivity contribution is 0.175. The summed E-state index contributed by atoms with van der Waals surface area (Å²) in [6, 6.07) is 15.6. The Bertz CT molecular complexity index is 586. The molecule has 0 unspecified atom stereocenters. The molecule has 116 valence electrons. The molecule has 0 aliphatic carbocycles. The van der Waals surface area contributed by atoms with Crippen molar-refractivity contribution in [3.05, 3.63) is 70.5 Å². The van der Waals surface area contributed by atoms with Crippen molar-refractivity contribution in [2.45, 2.75) is 25.8 Å². The normalized spacial score (nSPS) is 16.8. The first-order valence-electron chi connectivity index (χ1n) is 7.91. The number of benzene rings is 2. The van der Waals surface area contributed by atoms with Crippen LogP contribution in [0.15, 0.2) is 48.5 Å². The summed E-state index contributed by atoms with van der Waals surface area (Å²) < 4.78 is 13.9. The lowest BCUT2D eigenvalue weighted by Crippen LogP contribution is -2.34. The minimum atomic E-state index is -0.195. The lowest BCUT2D eigenvalue weighted by Gasteiger charge is -2.32. The molecule has 1 saturated heterocycles. The van der Waals surface area contributed by atoms with E-state index in [1.807, 2.05) is 0 Å². The van der Waals surface area contributed by atoms with Crippen molar-refractivity contribution in [2.24, 2.45) is 5.92 Å². The molecule has 0 spiro atoms. The Hall–Kier alpha value is -1.38. The van der Waals surface area contributed by atoms with E-state index in [1.165, 1.54) is 24.5 Å². The van der Waals surface area contributed by atoms with Gasteiger partial charge in [-0.15, -0.1) is 0 Å². The van der Waals surface area contributed by atoms with Crippen LogP contribution in [0.3, 0.4) is 0 Å². The van der Waals surface area contributed by atoms with Crippen molar-refractivity contribution >= 4 is 11.6 Å². The summed E-state index contributed by atoms with van der Waals surface area (Å²) in [7, 11) is 0. The number of rotatable bonds is 4. The fraction of sp³-hybridized carbons (Fsp3) is 0.368. The Labute approximate surface area is 136 Å². The predicted octanol–water partition coefficient (Wildman–Crippen LogP) is 4.93. The number of piperidine rings is 1. The summed E-state index contributed by atoms with van der Waals surface area (Å²) in [6.45, 7) is 2.65. The first-order valence-corrected chi connectivity index (χ1v) is 8.29. The van der Waals surface area contributed by atoms with Gasteiger partial charge in [-0.1, -0.05) is 48.0 Å². The zero-order valence-electron chi connectivity index (χ0n) is 12.6. The third-order valence-corrected chi connectivity index (χ3v) is 4.87. The van der Waals surface area contributed by atoms with Crippen LogP contribution in [0.2, 0.25) is 5.02 Å². The molecular weight excluding hydrogens is 297 g/mol. The Kier molecular flexibility index (Phi) is 5.12. The summed E-state index contributed by atoms with van der Waals surface area (Å²) in [5.41, 5.74) is 2.05. The Balaban J connectivity index is 1.54. The summed E-state index contributed by atoms with van der Waals surface area (Å²) in [5, 5.41) is 0.534. The summed E-state index contributed by atoms with van der Waals surface area (Å²) in [6.07, 6.45) is 3.48. The smallest absolute Gasteiger partial charge is 0.129 e. The second kappa shape index (κ2) is 7.26. The minimum Gasteiger partial charge on any atom is -0.299 e. The number of halogens is 2. The van der Waals surface area contributed by atoms with E-state index < -0.39 is 0 Å². The van der Waals surface area contributed by atoms with Crippen molar-refractivity contribution in [3.63, 3.8) is 0 Å². The van der Waals surface area contributed by atoms with Crippen molar-refractivity contribution < 1.29 is 4.39 Å². The molecule has 0 saturated carbocycles. The summed E-state index contributed by atoms with van der Waals surface area (Å²) >= 11 is 6.12. The van der Waals surface area contributed by atoms with Gasteiger partial charge in [-0.25, -0.2) is 4.39 Å². The molecule has 1 aliphatic rings. The number of likely N-dealkylation sites (tertiary alicyclic amines) is 1. The third kappa shape index (κ3) is 3.88. The molecule has 2 aromatic rings. The first kappa shape index (κ1) is 15.5. The van der Waals surface area contributed by atoms with Gasteiger partial charge >= 0.3 is 0 Å². The number of nitrogens with zero attached hydrogens (tertiary/aromatic N) is 1. The lowest BCUT2D eigenvalue weighted by atomic mass is 9.90. The van der Waals surface area contributed by atoms with Crippen molar-refractivity contribution in [1.82, 2.24) is 4.90 Å². The maximum atomic E-state index is 13.9. The molecule has 1 heterocycles. The van der Waals surface area contributed by atoms with Gasteiger partial charge in [0, 0.05) is 17.1 Å². The molecule has 0 aromatic heterocycles. The molecule has 1 nitrogen and oxygen atoms in total. The molecule has 0 radical (unpaired) electrons. The van der Waals surface area contributed by atoms with Crippen LogP contribution in [-0.2, 0) is 13.0 Å². The molecule has 0 N–H and O–H groups in total. The number of hydrogen-bond acceptors (Lipinski definition) is 1. The molecule has 1 aliphatic heterocycles. The topological polar surface area (TPSA) is 3.24 Å². The van der Waals surface area contributed by atoms with Gasteiger partial charge in [0.1, 0.15) is 5.82 Å². The van der Waals surface area contributed by atoms with Crippen molar-refractivity contribution in [2.75, 3.05) is 13.1 Å². The summed E-state index contributed by atoms with van der Waals surface area (Å²) in [4.78, 5) is 2.31. The number of hydrogen-bond donors (Lipinski definition) is 0. The molecule has 3 heteroatoms. The Morgan fingerprint density at radius 1 is 1.00 bits per heavy atom. The molecule has 0 bridgehead atoms. The van der Waals surface area contributed by atoms with Gasteiger partial charge in [0.05, 0.1) is 0 Å². The highest BCUT2D eigenvalue weighted by molar-refractivity contribution is 6.31. The van der Waals surface area contributed by atoms with Gasteiger partial charge in [0.25, 0.3) is 0 Å². The standard InChI is InChI=1S/C19H21ClFN/c20-18-7-4-8-19(21)17(18)14-22-11-9-16(10-12-22)13-15-5-2-1-3-6-15/h1-8,16H,9-14H2. The van der Waals surface area contributed by atoms with Gasteiger partial charge < -0.3 is 0 Å². The van der Waals surface area contributed by atoms with E-state index in [-0.39, 0.29) is 5.82 Å². The van der Waals surface area contributed by atoms with Crippen LogP contribution in [0.1, 0.15) is 24.0 Å². The molecular formula is C19H21ClFN. The highest BCUT2D eigenvalue weighted by Gasteiger charge is 2.21. The maximum Gasteiger partial charge on any atom is 0.129 e. The van der Waals surface area contributed by atoms with Crippen LogP contribution in [-0.4, -0.2) is 18.0 Å². The van der Waals surface area contributed by atoms with Crippen LogP contribution in [0, 0.1) is 11.7 Å². The maximum absolute atomic E-state index is 13.9. The molecule has 2 aromatic carbocycles. The van der Waals surface area contributed by atoms with E-state index in [0.717, 1.165) is 25.4 Å². The van der Waals surface area contributed by atoms with E-state index in [2.05, 4.69) is 35.2 Å². The molecule has 0 atom stereocenters.